The van der Waals surface area contributed by atoms with E-state index < -0.39 is 0 Å². The van der Waals surface area contributed by atoms with Crippen molar-refractivity contribution in [1.82, 2.24) is 15.1 Å². The molecule has 1 aliphatic rings. The highest BCUT2D eigenvalue weighted by atomic mass is 16.5. The lowest BCUT2D eigenvalue weighted by atomic mass is 10.2. The number of ether oxygens (including phenoxy) is 1. The third-order valence-electron chi connectivity index (χ3n) is 4.12. The van der Waals surface area contributed by atoms with E-state index in [1.807, 2.05) is 6.07 Å². The van der Waals surface area contributed by atoms with Gasteiger partial charge >= 0.3 is 0 Å². The van der Waals surface area contributed by atoms with E-state index in [0.717, 1.165) is 31.9 Å². The highest BCUT2D eigenvalue weighted by Crippen LogP contribution is 2.13. The van der Waals surface area contributed by atoms with E-state index in [9.17, 15) is 0 Å². The molecule has 0 amide bonds. The van der Waals surface area contributed by atoms with Gasteiger partial charge in [0.15, 0.2) is 0 Å². The Bertz CT molecular complexity index is 417. The second-order valence-corrected chi connectivity index (χ2v) is 6.17. The van der Waals surface area contributed by atoms with Gasteiger partial charge in [0, 0.05) is 32.7 Å². The number of benzene rings is 1. The molecule has 1 heterocycles. The molecule has 1 aromatic carbocycles. The highest BCUT2D eigenvalue weighted by molar-refractivity contribution is 5.28. The molecule has 2 rings (SSSR count). The first kappa shape index (κ1) is 17.3. The van der Waals surface area contributed by atoms with E-state index in [4.69, 9.17) is 4.74 Å². The van der Waals surface area contributed by atoms with Gasteiger partial charge in [-0.3, -0.25) is 0 Å². The number of likely N-dealkylation sites (N-methyl/N-ethyl adjacent to an activating group) is 1. The van der Waals surface area contributed by atoms with Crippen LogP contribution >= 0.6 is 0 Å². The van der Waals surface area contributed by atoms with Crippen molar-refractivity contribution < 1.29 is 4.74 Å². The lowest BCUT2D eigenvalue weighted by molar-refractivity contribution is 0.153. The predicted octanol–water partition coefficient (Wildman–Crippen LogP) is 2.20. The quantitative estimate of drug-likeness (QED) is 0.708. The summed E-state index contributed by atoms with van der Waals surface area (Å²) in [5.41, 5.74) is 1.30. The molecule has 0 saturated carbocycles. The minimum atomic E-state index is 0.794. The van der Waals surface area contributed by atoms with Gasteiger partial charge in [0.25, 0.3) is 0 Å². The van der Waals surface area contributed by atoms with Gasteiger partial charge in [-0.05, 0) is 50.7 Å². The van der Waals surface area contributed by atoms with Crippen molar-refractivity contribution in [3.63, 3.8) is 0 Å². The van der Waals surface area contributed by atoms with Crippen LogP contribution in [-0.4, -0.2) is 62.7 Å². The van der Waals surface area contributed by atoms with Gasteiger partial charge in [-0.25, -0.2) is 0 Å². The van der Waals surface area contributed by atoms with Crippen LogP contribution in [0.15, 0.2) is 24.3 Å². The van der Waals surface area contributed by atoms with Crippen LogP contribution in [0.25, 0.3) is 0 Å². The van der Waals surface area contributed by atoms with Crippen molar-refractivity contribution >= 4 is 0 Å². The van der Waals surface area contributed by atoms with E-state index in [0.29, 0.717) is 0 Å². The minimum Gasteiger partial charge on any atom is -0.494 e. The SMILES string of the molecule is CCCOc1cccc(CNCCCN2CCN(C)CC2)c1. The van der Waals surface area contributed by atoms with E-state index in [2.05, 4.69) is 47.3 Å². The van der Waals surface area contributed by atoms with Crippen LogP contribution in [0.3, 0.4) is 0 Å². The number of nitrogens with zero attached hydrogens (tertiary/aromatic N) is 2. The molecule has 0 bridgehead atoms. The molecule has 22 heavy (non-hydrogen) atoms. The minimum absolute atomic E-state index is 0.794. The molecule has 1 fully saturated rings. The molecule has 0 radical (unpaired) electrons. The van der Waals surface area contributed by atoms with Crippen molar-refractivity contribution in [3.8, 4) is 5.75 Å². The fraction of sp³-hybridized carbons (Fsp3) is 0.667. The molecule has 1 aliphatic heterocycles. The zero-order valence-corrected chi connectivity index (χ0v) is 14.2. The van der Waals surface area contributed by atoms with Gasteiger partial charge in [0.2, 0.25) is 0 Å². The summed E-state index contributed by atoms with van der Waals surface area (Å²) in [7, 11) is 2.21. The predicted molar refractivity (Wildman–Crippen MR) is 92.5 cm³/mol. The Kier molecular flexibility index (Phi) is 7.71. The van der Waals surface area contributed by atoms with Gasteiger partial charge in [0.05, 0.1) is 6.61 Å². The molecule has 1 aromatic rings. The van der Waals surface area contributed by atoms with Gasteiger partial charge in [-0.2, -0.15) is 0 Å². The summed E-state index contributed by atoms with van der Waals surface area (Å²) in [5.74, 6) is 0.985. The van der Waals surface area contributed by atoms with Crippen LogP contribution in [0.5, 0.6) is 5.75 Å². The van der Waals surface area contributed by atoms with Gasteiger partial charge in [0.1, 0.15) is 5.75 Å². The van der Waals surface area contributed by atoms with Crippen molar-refractivity contribution in [3.05, 3.63) is 29.8 Å². The Morgan fingerprint density at radius 3 is 2.77 bits per heavy atom. The summed E-state index contributed by atoms with van der Waals surface area (Å²) in [6.07, 6.45) is 2.27. The maximum absolute atomic E-state index is 5.67. The third kappa shape index (κ3) is 6.34. The lowest BCUT2D eigenvalue weighted by Gasteiger charge is -2.32. The van der Waals surface area contributed by atoms with Crippen LogP contribution in [0.2, 0.25) is 0 Å². The lowest BCUT2D eigenvalue weighted by Crippen LogP contribution is -2.45. The summed E-state index contributed by atoms with van der Waals surface area (Å²) < 4.78 is 5.67. The maximum Gasteiger partial charge on any atom is 0.119 e. The van der Waals surface area contributed by atoms with Crippen LogP contribution < -0.4 is 10.1 Å². The Balaban J connectivity index is 1.58. The summed E-state index contributed by atoms with van der Waals surface area (Å²) >= 11 is 0. The Morgan fingerprint density at radius 1 is 1.18 bits per heavy atom. The molecule has 4 heteroatoms. The number of hydrogen-bond acceptors (Lipinski definition) is 4. The second kappa shape index (κ2) is 9.82. The normalized spacial score (nSPS) is 16.8. The van der Waals surface area contributed by atoms with E-state index in [1.54, 1.807) is 0 Å². The fourth-order valence-corrected chi connectivity index (χ4v) is 2.70. The Morgan fingerprint density at radius 2 is 2.00 bits per heavy atom. The average molecular weight is 305 g/mol. The van der Waals surface area contributed by atoms with Gasteiger partial charge < -0.3 is 19.9 Å². The van der Waals surface area contributed by atoms with Crippen LogP contribution in [0, 0.1) is 0 Å². The second-order valence-electron chi connectivity index (χ2n) is 6.17. The van der Waals surface area contributed by atoms with E-state index >= 15 is 0 Å². The molecular weight excluding hydrogens is 274 g/mol. The summed E-state index contributed by atoms with van der Waals surface area (Å²) in [4.78, 5) is 4.98. The van der Waals surface area contributed by atoms with Crippen molar-refractivity contribution in [2.24, 2.45) is 0 Å². The number of piperazine rings is 1. The topological polar surface area (TPSA) is 27.7 Å². The number of rotatable bonds is 9. The van der Waals surface area contributed by atoms with Crippen molar-refractivity contribution in [2.75, 3.05) is 52.9 Å². The number of hydrogen-bond donors (Lipinski definition) is 1. The summed E-state index contributed by atoms with van der Waals surface area (Å²) in [5, 5.41) is 3.54. The average Bonchev–Trinajstić information content (AvgIpc) is 2.55. The van der Waals surface area contributed by atoms with Gasteiger partial charge in [-0.1, -0.05) is 19.1 Å². The first-order valence-electron chi connectivity index (χ1n) is 8.61. The molecule has 0 spiro atoms. The maximum atomic E-state index is 5.67. The van der Waals surface area contributed by atoms with Gasteiger partial charge in [-0.15, -0.1) is 0 Å². The molecule has 1 saturated heterocycles. The zero-order valence-electron chi connectivity index (χ0n) is 14.2. The third-order valence-corrected chi connectivity index (χ3v) is 4.12. The van der Waals surface area contributed by atoms with Crippen LogP contribution in [0.1, 0.15) is 25.3 Å². The van der Waals surface area contributed by atoms with Crippen molar-refractivity contribution in [2.45, 2.75) is 26.3 Å². The Labute approximate surface area is 135 Å². The largest absolute Gasteiger partial charge is 0.494 e. The summed E-state index contributed by atoms with van der Waals surface area (Å²) in [6, 6.07) is 8.41. The highest BCUT2D eigenvalue weighted by Gasteiger charge is 2.12. The van der Waals surface area contributed by atoms with Crippen LogP contribution in [-0.2, 0) is 6.54 Å². The van der Waals surface area contributed by atoms with E-state index in [1.165, 1.54) is 44.7 Å². The molecular formula is C18H31N3O. The van der Waals surface area contributed by atoms with Crippen LogP contribution in [0.4, 0.5) is 0 Å². The molecule has 124 valence electrons. The molecule has 0 aliphatic carbocycles. The fourth-order valence-electron chi connectivity index (χ4n) is 2.70. The number of nitrogens with one attached hydrogen (secondary N) is 1. The zero-order chi connectivity index (χ0) is 15.6. The monoisotopic (exact) mass is 305 g/mol. The summed E-state index contributed by atoms with van der Waals surface area (Å²) in [6.45, 7) is 11.0. The molecule has 1 N–H and O–H groups in total. The standard InChI is InChI=1S/C18H31N3O/c1-3-14-22-18-7-4-6-17(15-18)16-19-8-5-9-21-12-10-20(2)11-13-21/h4,6-7,15,19H,3,5,8-14,16H2,1-2H3. The van der Waals surface area contributed by atoms with Crippen molar-refractivity contribution in [1.29, 1.82) is 0 Å². The first-order valence-corrected chi connectivity index (χ1v) is 8.61. The Hall–Kier alpha value is -1.10. The molecule has 0 unspecified atom stereocenters. The van der Waals surface area contributed by atoms with E-state index in [-0.39, 0.29) is 0 Å². The molecule has 0 aromatic heterocycles. The molecule has 0 atom stereocenters. The smallest absolute Gasteiger partial charge is 0.119 e. The molecule has 4 nitrogen and oxygen atoms in total. The first-order chi connectivity index (χ1) is 10.8.